The maximum absolute atomic E-state index is 11.8. The number of rotatable bonds is 6. The van der Waals surface area contributed by atoms with Crippen molar-refractivity contribution < 1.29 is 14.7 Å². The van der Waals surface area contributed by atoms with Gasteiger partial charge in [0.25, 0.3) is 0 Å². The van der Waals surface area contributed by atoms with Crippen molar-refractivity contribution in [3.63, 3.8) is 0 Å². The van der Waals surface area contributed by atoms with Crippen LogP contribution in [0.4, 0.5) is 5.69 Å². The van der Waals surface area contributed by atoms with E-state index in [0.29, 0.717) is 18.7 Å². The van der Waals surface area contributed by atoms with Crippen LogP contribution < -0.4 is 10.2 Å². The molecule has 19 heavy (non-hydrogen) atoms. The highest BCUT2D eigenvalue weighted by atomic mass is 16.3. The molecule has 0 atom stereocenters. The van der Waals surface area contributed by atoms with Crippen molar-refractivity contribution in [3.8, 4) is 0 Å². The van der Waals surface area contributed by atoms with Gasteiger partial charge in [0, 0.05) is 25.9 Å². The van der Waals surface area contributed by atoms with Crippen LogP contribution in [-0.2, 0) is 9.59 Å². The summed E-state index contributed by atoms with van der Waals surface area (Å²) in [6, 6.07) is 9.01. The topological polar surface area (TPSA) is 69.6 Å². The van der Waals surface area contributed by atoms with Crippen LogP contribution >= 0.6 is 0 Å². The number of nitrogens with zero attached hydrogens (tertiary/aromatic N) is 1. The zero-order valence-corrected chi connectivity index (χ0v) is 11.1. The van der Waals surface area contributed by atoms with Crippen molar-refractivity contribution in [2.24, 2.45) is 0 Å². The molecule has 2 amide bonds. The molecule has 0 heterocycles. The monoisotopic (exact) mass is 264 g/mol. The Labute approximate surface area is 113 Å². The lowest BCUT2D eigenvalue weighted by atomic mass is 10.2. The highest BCUT2D eigenvalue weighted by molar-refractivity contribution is 6.40. The number of benzene rings is 1. The van der Waals surface area contributed by atoms with Crippen molar-refractivity contribution in [2.45, 2.75) is 19.3 Å². The Kier molecular flexibility index (Phi) is 6.60. The van der Waals surface area contributed by atoms with E-state index in [9.17, 15) is 9.59 Å². The van der Waals surface area contributed by atoms with Crippen LogP contribution in [0.1, 0.15) is 19.3 Å². The van der Waals surface area contributed by atoms with Gasteiger partial charge in [-0.1, -0.05) is 18.2 Å². The normalized spacial score (nSPS) is 10.0. The first kappa shape index (κ1) is 15.2. The zero-order chi connectivity index (χ0) is 14.1. The molecule has 0 saturated carbocycles. The van der Waals surface area contributed by atoms with Crippen molar-refractivity contribution >= 4 is 17.5 Å². The van der Waals surface area contributed by atoms with Gasteiger partial charge in [-0.3, -0.25) is 9.59 Å². The van der Waals surface area contributed by atoms with Crippen molar-refractivity contribution in [2.75, 3.05) is 25.1 Å². The number of likely N-dealkylation sites (N-methyl/N-ethyl adjacent to an activating group) is 1. The fraction of sp³-hybridized carbons (Fsp3) is 0.429. The summed E-state index contributed by atoms with van der Waals surface area (Å²) in [6.07, 6.45) is 2.31. The van der Waals surface area contributed by atoms with E-state index in [1.165, 1.54) is 4.90 Å². The maximum Gasteiger partial charge on any atom is 0.316 e. The smallest absolute Gasteiger partial charge is 0.316 e. The Bertz CT molecular complexity index is 406. The Morgan fingerprint density at radius 1 is 1.16 bits per heavy atom. The lowest BCUT2D eigenvalue weighted by Gasteiger charge is -2.16. The lowest BCUT2D eigenvalue weighted by molar-refractivity contribution is -0.137. The predicted molar refractivity (Wildman–Crippen MR) is 73.8 cm³/mol. The summed E-state index contributed by atoms with van der Waals surface area (Å²) in [5.41, 5.74) is 0.683. The van der Waals surface area contributed by atoms with Crippen LogP contribution in [0.25, 0.3) is 0 Å². The third kappa shape index (κ3) is 5.09. The van der Waals surface area contributed by atoms with Gasteiger partial charge >= 0.3 is 11.8 Å². The molecule has 0 aliphatic rings. The van der Waals surface area contributed by atoms with Gasteiger partial charge in [0.15, 0.2) is 0 Å². The highest BCUT2D eigenvalue weighted by Crippen LogP contribution is 2.10. The van der Waals surface area contributed by atoms with Gasteiger partial charge in [-0.2, -0.15) is 0 Å². The molecule has 2 N–H and O–H groups in total. The molecular formula is C14H20N2O3. The molecule has 0 aliphatic carbocycles. The van der Waals surface area contributed by atoms with Crippen LogP contribution in [0.15, 0.2) is 30.3 Å². The number of aliphatic hydroxyl groups is 1. The SMILES string of the molecule is CN(C(=O)C(=O)NCCCCCO)c1ccccc1. The molecule has 1 aromatic carbocycles. The molecule has 0 bridgehead atoms. The van der Waals surface area contributed by atoms with Gasteiger partial charge < -0.3 is 15.3 Å². The van der Waals surface area contributed by atoms with Crippen molar-refractivity contribution in [1.29, 1.82) is 0 Å². The van der Waals surface area contributed by atoms with E-state index < -0.39 is 11.8 Å². The third-order valence-corrected chi connectivity index (χ3v) is 2.76. The number of anilines is 1. The fourth-order valence-corrected chi connectivity index (χ4v) is 1.61. The van der Waals surface area contributed by atoms with Crippen molar-refractivity contribution in [3.05, 3.63) is 30.3 Å². The van der Waals surface area contributed by atoms with Gasteiger partial charge in [-0.05, 0) is 31.4 Å². The molecule has 0 radical (unpaired) electrons. The Hall–Kier alpha value is -1.88. The minimum absolute atomic E-state index is 0.156. The van der Waals surface area contributed by atoms with E-state index in [1.807, 2.05) is 18.2 Å². The molecule has 104 valence electrons. The summed E-state index contributed by atoms with van der Waals surface area (Å²) < 4.78 is 0. The van der Waals surface area contributed by atoms with E-state index in [2.05, 4.69) is 5.32 Å². The largest absolute Gasteiger partial charge is 0.396 e. The number of unbranched alkanes of at least 4 members (excludes halogenated alkanes) is 2. The van der Waals surface area contributed by atoms with Crippen LogP contribution in [0.3, 0.4) is 0 Å². The first-order valence-corrected chi connectivity index (χ1v) is 6.38. The van der Waals surface area contributed by atoms with Crippen LogP contribution in [0, 0.1) is 0 Å². The molecular weight excluding hydrogens is 244 g/mol. The second-order valence-corrected chi connectivity index (χ2v) is 4.24. The standard InChI is InChI=1S/C14H20N2O3/c1-16(12-8-4-2-5-9-12)14(19)13(18)15-10-6-3-7-11-17/h2,4-5,8-9,17H,3,6-7,10-11H2,1H3,(H,15,18). The Balaban J connectivity index is 2.38. The average Bonchev–Trinajstić information content (AvgIpc) is 2.46. The molecule has 0 unspecified atom stereocenters. The second-order valence-electron chi connectivity index (χ2n) is 4.24. The molecule has 5 heteroatoms. The van der Waals surface area contributed by atoms with Gasteiger partial charge in [0.05, 0.1) is 0 Å². The minimum atomic E-state index is -0.602. The number of carbonyl (C=O) groups excluding carboxylic acids is 2. The molecule has 0 spiro atoms. The van der Waals surface area contributed by atoms with E-state index in [4.69, 9.17) is 5.11 Å². The summed E-state index contributed by atoms with van der Waals surface area (Å²) in [7, 11) is 1.57. The quantitative estimate of drug-likeness (QED) is 0.593. The van der Waals surface area contributed by atoms with Crippen molar-refractivity contribution in [1.82, 2.24) is 5.32 Å². The molecule has 0 aromatic heterocycles. The molecule has 1 rings (SSSR count). The molecule has 0 fully saturated rings. The molecule has 5 nitrogen and oxygen atoms in total. The van der Waals surface area contributed by atoms with E-state index in [-0.39, 0.29) is 6.61 Å². The van der Waals surface area contributed by atoms with E-state index >= 15 is 0 Å². The summed E-state index contributed by atoms with van der Waals surface area (Å²) in [5, 5.41) is 11.2. The number of para-hydroxylation sites is 1. The van der Waals surface area contributed by atoms with E-state index in [1.54, 1.807) is 19.2 Å². The van der Waals surface area contributed by atoms with Gasteiger partial charge in [0.1, 0.15) is 0 Å². The first-order chi connectivity index (χ1) is 9.16. The Morgan fingerprint density at radius 2 is 1.84 bits per heavy atom. The first-order valence-electron chi connectivity index (χ1n) is 6.38. The minimum Gasteiger partial charge on any atom is -0.396 e. The third-order valence-electron chi connectivity index (χ3n) is 2.76. The van der Waals surface area contributed by atoms with Crippen LogP contribution in [0.5, 0.6) is 0 Å². The van der Waals surface area contributed by atoms with Gasteiger partial charge in [-0.15, -0.1) is 0 Å². The number of aliphatic hydroxyl groups excluding tert-OH is 1. The molecule has 0 aliphatic heterocycles. The summed E-state index contributed by atoms with van der Waals surface area (Å²) in [4.78, 5) is 24.8. The van der Waals surface area contributed by atoms with Gasteiger partial charge in [0.2, 0.25) is 0 Å². The van der Waals surface area contributed by atoms with Gasteiger partial charge in [-0.25, -0.2) is 0 Å². The Morgan fingerprint density at radius 3 is 2.47 bits per heavy atom. The lowest BCUT2D eigenvalue weighted by Crippen LogP contribution is -2.41. The average molecular weight is 264 g/mol. The maximum atomic E-state index is 11.8. The van der Waals surface area contributed by atoms with Crippen LogP contribution in [0.2, 0.25) is 0 Å². The summed E-state index contributed by atoms with van der Waals surface area (Å²) >= 11 is 0. The number of amides is 2. The zero-order valence-electron chi connectivity index (χ0n) is 11.1. The summed E-state index contributed by atoms with van der Waals surface area (Å²) in [6.45, 7) is 0.608. The number of carbonyl (C=O) groups is 2. The second kappa shape index (κ2) is 8.26. The predicted octanol–water partition coefficient (Wildman–Crippen LogP) is 0.928. The fourth-order valence-electron chi connectivity index (χ4n) is 1.61. The summed E-state index contributed by atoms with van der Waals surface area (Å²) in [5.74, 6) is -1.18. The number of hydrogen-bond donors (Lipinski definition) is 2. The number of hydrogen-bond acceptors (Lipinski definition) is 3. The van der Waals surface area contributed by atoms with Crippen LogP contribution in [-0.4, -0.2) is 37.1 Å². The number of nitrogens with one attached hydrogen (secondary N) is 1. The van der Waals surface area contributed by atoms with E-state index in [0.717, 1.165) is 12.8 Å². The molecule has 1 aromatic rings. The highest BCUT2D eigenvalue weighted by Gasteiger charge is 2.18. The molecule has 0 saturated heterocycles.